The summed E-state index contributed by atoms with van der Waals surface area (Å²) in [5.74, 6) is 0.860. The van der Waals surface area contributed by atoms with E-state index in [0.29, 0.717) is 6.10 Å². The molecule has 64 valence electrons. The number of rotatable bonds is 0. The second kappa shape index (κ2) is 3.55. The minimum Gasteiger partial charge on any atom is -0.298 e. The number of hydroxylamine groups is 1. The molecular formula is C9H17NO. The molecule has 0 radical (unpaired) electrons. The highest BCUT2D eigenvalue weighted by Crippen LogP contribution is 2.30. The molecule has 1 N–H and O–H groups in total. The molecule has 2 aliphatic rings. The predicted molar refractivity (Wildman–Crippen MR) is 44.1 cm³/mol. The first-order chi connectivity index (χ1) is 5.47. The van der Waals surface area contributed by atoms with Gasteiger partial charge in [0.15, 0.2) is 0 Å². The molecule has 0 spiro atoms. The molecule has 1 heterocycles. The second-order valence-corrected chi connectivity index (χ2v) is 3.74. The van der Waals surface area contributed by atoms with E-state index in [-0.39, 0.29) is 0 Å². The molecule has 2 nitrogen and oxygen atoms in total. The van der Waals surface area contributed by atoms with Crippen LogP contribution in [0.4, 0.5) is 0 Å². The predicted octanol–water partition coefficient (Wildman–Crippen LogP) is 1.86. The monoisotopic (exact) mass is 155 g/mol. The lowest BCUT2D eigenvalue weighted by atomic mass is 9.84. The molecule has 2 unspecified atom stereocenters. The lowest BCUT2D eigenvalue weighted by molar-refractivity contribution is -0.0574. The van der Waals surface area contributed by atoms with Gasteiger partial charge in [0.2, 0.25) is 0 Å². The summed E-state index contributed by atoms with van der Waals surface area (Å²) >= 11 is 0. The van der Waals surface area contributed by atoms with Crippen LogP contribution in [-0.4, -0.2) is 12.6 Å². The largest absolute Gasteiger partial charge is 0.298 e. The zero-order valence-corrected chi connectivity index (χ0v) is 7.01. The molecule has 2 atom stereocenters. The van der Waals surface area contributed by atoms with Crippen LogP contribution in [0.1, 0.15) is 38.5 Å². The molecule has 1 aliphatic carbocycles. The van der Waals surface area contributed by atoms with Crippen molar-refractivity contribution >= 4 is 0 Å². The summed E-state index contributed by atoms with van der Waals surface area (Å²) in [5, 5.41) is 0. The molecule has 2 rings (SSSR count). The Kier molecular flexibility index (Phi) is 2.44. The molecule has 0 amide bonds. The summed E-state index contributed by atoms with van der Waals surface area (Å²) in [5.41, 5.74) is 3.05. The Balaban J connectivity index is 1.93. The van der Waals surface area contributed by atoms with Crippen molar-refractivity contribution in [3.8, 4) is 0 Å². The van der Waals surface area contributed by atoms with Crippen LogP contribution in [0.25, 0.3) is 0 Å². The Morgan fingerprint density at radius 2 is 1.82 bits per heavy atom. The quantitative estimate of drug-likeness (QED) is 0.576. The van der Waals surface area contributed by atoms with Crippen molar-refractivity contribution in [1.82, 2.24) is 5.48 Å². The van der Waals surface area contributed by atoms with Gasteiger partial charge in [-0.15, -0.1) is 0 Å². The van der Waals surface area contributed by atoms with Crippen LogP contribution in [-0.2, 0) is 4.84 Å². The standard InChI is InChI=1S/C9H17NO/c1-2-6-9-8(4-1)5-3-7-10-11-9/h8-10H,1-7H2. The summed E-state index contributed by atoms with van der Waals surface area (Å²) in [7, 11) is 0. The first kappa shape index (κ1) is 7.56. The maximum Gasteiger partial charge on any atom is 0.0818 e. The van der Waals surface area contributed by atoms with E-state index < -0.39 is 0 Å². The summed E-state index contributed by atoms with van der Waals surface area (Å²) in [6, 6.07) is 0. The van der Waals surface area contributed by atoms with Crippen LogP contribution in [0.15, 0.2) is 0 Å². The van der Waals surface area contributed by atoms with Gasteiger partial charge in [-0.2, -0.15) is 0 Å². The van der Waals surface area contributed by atoms with Gasteiger partial charge in [-0.3, -0.25) is 4.84 Å². The van der Waals surface area contributed by atoms with Crippen molar-refractivity contribution in [1.29, 1.82) is 0 Å². The van der Waals surface area contributed by atoms with Crippen molar-refractivity contribution in [3.63, 3.8) is 0 Å². The summed E-state index contributed by atoms with van der Waals surface area (Å²) in [6.45, 7) is 1.05. The molecule has 2 fully saturated rings. The molecule has 1 saturated heterocycles. The first-order valence-electron chi connectivity index (χ1n) is 4.85. The Bertz CT molecular complexity index is 113. The van der Waals surface area contributed by atoms with Crippen molar-refractivity contribution in [2.45, 2.75) is 44.6 Å². The van der Waals surface area contributed by atoms with E-state index in [1.54, 1.807) is 0 Å². The highest BCUT2D eigenvalue weighted by Gasteiger charge is 2.27. The van der Waals surface area contributed by atoms with Crippen LogP contribution in [0.3, 0.4) is 0 Å². The van der Waals surface area contributed by atoms with E-state index in [0.717, 1.165) is 12.5 Å². The van der Waals surface area contributed by atoms with E-state index in [4.69, 9.17) is 4.84 Å². The highest BCUT2D eigenvalue weighted by atomic mass is 16.7. The SMILES string of the molecule is C1CCC2ONCCCC2C1. The van der Waals surface area contributed by atoms with E-state index >= 15 is 0 Å². The van der Waals surface area contributed by atoms with Gasteiger partial charge in [0.05, 0.1) is 6.10 Å². The topological polar surface area (TPSA) is 21.3 Å². The van der Waals surface area contributed by atoms with Crippen molar-refractivity contribution in [2.24, 2.45) is 5.92 Å². The van der Waals surface area contributed by atoms with Gasteiger partial charge in [-0.05, 0) is 31.6 Å². The minimum atomic E-state index is 0.534. The van der Waals surface area contributed by atoms with E-state index in [2.05, 4.69) is 5.48 Å². The van der Waals surface area contributed by atoms with Gasteiger partial charge in [0, 0.05) is 6.54 Å². The molecule has 1 aliphatic heterocycles. The van der Waals surface area contributed by atoms with Crippen LogP contribution in [0.2, 0.25) is 0 Å². The Hall–Kier alpha value is -0.0800. The van der Waals surface area contributed by atoms with Gasteiger partial charge in [-0.25, -0.2) is 5.48 Å². The van der Waals surface area contributed by atoms with Crippen LogP contribution in [0.5, 0.6) is 0 Å². The summed E-state index contributed by atoms with van der Waals surface area (Å²) in [6.07, 6.45) is 8.65. The zero-order chi connectivity index (χ0) is 7.52. The molecule has 0 aromatic rings. The van der Waals surface area contributed by atoms with Crippen LogP contribution >= 0.6 is 0 Å². The molecule has 1 saturated carbocycles. The fourth-order valence-electron chi connectivity index (χ4n) is 2.26. The molecular weight excluding hydrogens is 138 g/mol. The first-order valence-corrected chi connectivity index (χ1v) is 4.85. The van der Waals surface area contributed by atoms with Gasteiger partial charge in [0.1, 0.15) is 0 Å². The number of nitrogens with one attached hydrogen (secondary N) is 1. The number of fused-ring (bicyclic) bond motifs is 1. The maximum atomic E-state index is 5.56. The summed E-state index contributed by atoms with van der Waals surface area (Å²) < 4.78 is 0. The zero-order valence-electron chi connectivity index (χ0n) is 7.01. The van der Waals surface area contributed by atoms with Crippen LogP contribution in [0, 0.1) is 5.92 Å². The van der Waals surface area contributed by atoms with Crippen molar-refractivity contribution < 1.29 is 4.84 Å². The highest BCUT2D eigenvalue weighted by molar-refractivity contribution is 4.77. The van der Waals surface area contributed by atoms with Crippen LogP contribution < -0.4 is 5.48 Å². The average molecular weight is 155 g/mol. The van der Waals surface area contributed by atoms with Gasteiger partial charge < -0.3 is 0 Å². The molecule has 2 heteroatoms. The molecule has 0 bridgehead atoms. The third-order valence-corrected chi connectivity index (χ3v) is 2.93. The van der Waals surface area contributed by atoms with E-state index in [1.165, 1.54) is 38.5 Å². The average Bonchev–Trinajstić information content (AvgIpc) is 2.28. The van der Waals surface area contributed by atoms with Gasteiger partial charge in [0.25, 0.3) is 0 Å². The normalized spacial score (nSPS) is 39.3. The second-order valence-electron chi connectivity index (χ2n) is 3.74. The lowest BCUT2D eigenvalue weighted by Crippen LogP contribution is -2.29. The third kappa shape index (κ3) is 1.74. The van der Waals surface area contributed by atoms with Gasteiger partial charge >= 0.3 is 0 Å². The number of hydrogen-bond donors (Lipinski definition) is 1. The Morgan fingerprint density at radius 1 is 1.00 bits per heavy atom. The van der Waals surface area contributed by atoms with Crippen molar-refractivity contribution in [3.05, 3.63) is 0 Å². The fraction of sp³-hybridized carbons (Fsp3) is 1.00. The smallest absolute Gasteiger partial charge is 0.0818 e. The van der Waals surface area contributed by atoms with E-state index in [1.807, 2.05) is 0 Å². The summed E-state index contributed by atoms with van der Waals surface area (Å²) in [4.78, 5) is 5.56. The molecule has 0 aromatic heterocycles. The molecule has 0 aromatic carbocycles. The maximum absolute atomic E-state index is 5.56. The Morgan fingerprint density at radius 3 is 2.82 bits per heavy atom. The Labute approximate surface area is 68.3 Å². The van der Waals surface area contributed by atoms with Gasteiger partial charge in [-0.1, -0.05) is 12.8 Å². The number of hydrogen-bond acceptors (Lipinski definition) is 2. The fourth-order valence-corrected chi connectivity index (χ4v) is 2.26. The van der Waals surface area contributed by atoms with E-state index in [9.17, 15) is 0 Å². The lowest BCUT2D eigenvalue weighted by Gasteiger charge is -2.28. The third-order valence-electron chi connectivity index (χ3n) is 2.93. The van der Waals surface area contributed by atoms with Crippen molar-refractivity contribution in [2.75, 3.05) is 6.54 Å². The molecule has 11 heavy (non-hydrogen) atoms. The minimum absolute atomic E-state index is 0.534.